The fourth-order valence-corrected chi connectivity index (χ4v) is 4.14. The first-order valence-corrected chi connectivity index (χ1v) is 13.4. The Morgan fingerprint density at radius 2 is 1.71 bits per heavy atom. The Bertz CT molecular complexity index is 1340. The molecule has 0 aliphatic carbocycles. The van der Waals surface area contributed by atoms with Gasteiger partial charge < -0.3 is 29.7 Å². The molecule has 0 saturated heterocycles. The molecule has 0 fully saturated rings. The number of aromatic nitrogens is 3. The predicted molar refractivity (Wildman–Crippen MR) is 150 cm³/mol. The van der Waals surface area contributed by atoms with E-state index in [0.717, 1.165) is 16.7 Å². The SMILES string of the molecule is C=C1NCCCN(C(=O)OC)CCCOc2ccc(cc2)CNc2nc(nc(OCC(F)(F)F)n2)Cc2ccc1cc2. The first kappa shape index (κ1) is 30.4. The van der Waals surface area contributed by atoms with Gasteiger partial charge in [-0.1, -0.05) is 43.0 Å². The molecule has 4 aliphatic rings. The topological polar surface area (TPSA) is 111 Å². The Hall–Kier alpha value is -4.55. The van der Waals surface area contributed by atoms with Crippen molar-refractivity contribution in [3.05, 3.63) is 77.6 Å². The lowest BCUT2D eigenvalue weighted by molar-refractivity contribution is -0.154. The third kappa shape index (κ3) is 9.53. The zero-order valence-electron chi connectivity index (χ0n) is 23.2. The molecule has 5 heterocycles. The largest absolute Gasteiger partial charge is 0.494 e. The number of benzene rings is 2. The minimum Gasteiger partial charge on any atom is -0.494 e. The van der Waals surface area contributed by atoms with Crippen LogP contribution < -0.4 is 20.1 Å². The first-order valence-electron chi connectivity index (χ1n) is 13.4. The van der Waals surface area contributed by atoms with Crippen molar-refractivity contribution in [1.29, 1.82) is 0 Å². The predicted octanol–water partition coefficient (Wildman–Crippen LogP) is 4.82. The number of anilines is 1. The smallest absolute Gasteiger partial charge is 0.422 e. The van der Waals surface area contributed by atoms with Crippen LogP contribution >= 0.6 is 0 Å². The molecule has 42 heavy (non-hydrogen) atoms. The molecular formula is C29H33F3N6O4. The second kappa shape index (κ2) is 14.4. The minimum absolute atomic E-state index is 0.0938. The van der Waals surface area contributed by atoms with Gasteiger partial charge >= 0.3 is 18.3 Å². The lowest BCUT2D eigenvalue weighted by Gasteiger charge is -2.21. The van der Waals surface area contributed by atoms with E-state index in [-0.39, 0.29) is 24.3 Å². The van der Waals surface area contributed by atoms with Gasteiger partial charge in [-0.05, 0) is 41.7 Å². The summed E-state index contributed by atoms with van der Waals surface area (Å²) in [6, 6.07) is 14.4. The molecule has 0 spiro atoms. The second-order valence-electron chi connectivity index (χ2n) is 9.55. The van der Waals surface area contributed by atoms with Gasteiger partial charge in [-0.2, -0.15) is 28.1 Å². The van der Waals surface area contributed by atoms with Crippen molar-refractivity contribution in [2.24, 2.45) is 0 Å². The number of nitrogens with zero attached hydrogens (tertiary/aromatic N) is 4. The Balaban J connectivity index is 1.54. The van der Waals surface area contributed by atoms with Crippen molar-refractivity contribution < 1.29 is 32.2 Å². The molecule has 6 bridgehead atoms. The van der Waals surface area contributed by atoms with Gasteiger partial charge in [-0.25, -0.2) is 4.79 Å². The number of methoxy groups -OCH3 is 1. The lowest BCUT2D eigenvalue weighted by Crippen LogP contribution is -2.34. The third-order valence-electron chi connectivity index (χ3n) is 6.28. The highest BCUT2D eigenvalue weighted by Gasteiger charge is 2.29. The van der Waals surface area contributed by atoms with E-state index >= 15 is 0 Å². The molecule has 224 valence electrons. The Morgan fingerprint density at radius 3 is 2.43 bits per heavy atom. The zero-order valence-corrected chi connectivity index (χ0v) is 23.2. The van der Waals surface area contributed by atoms with E-state index in [1.165, 1.54) is 7.11 Å². The number of hydrogen-bond donors (Lipinski definition) is 2. The van der Waals surface area contributed by atoms with Crippen LogP contribution in [0.15, 0.2) is 55.1 Å². The Morgan fingerprint density at radius 1 is 1.00 bits per heavy atom. The van der Waals surface area contributed by atoms with E-state index in [1.54, 1.807) is 4.90 Å². The quantitative estimate of drug-likeness (QED) is 0.437. The molecule has 0 radical (unpaired) electrons. The van der Waals surface area contributed by atoms with Crippen molar-refractivity contribution in [1.82, 2.24) is 25.2 Å². The fraction of sp³-hybridized carbons (Fsp3) is 0.379. The zero-order chi connectivity index (χ0) is 30.0. The van der Waals surface area contributed by atoms with Crippen molar-refractivity contribution in [3.63, 3.8) is 0 Å². The fourth-order valence-electron chi connectivity index (χ4n) is 4.14. The summed E-state index contributed by atoms with van der Waals surface area (Å²) in [5.74, 6) is 1.01. The molecular weight excluding hydrogens is 553 g/mol. The third-order valence-corrected chi connectivity index (χ3v) is 6.28. The maximum Gasteiger partial charge on any atom is 0.422 e. The van der Waals surface area contributed by atoms with Gasteiger partial charge in [0.1, 0.15) is 11.6 Å². The molecule has 2 N–H and O–H groups in total. The number of ether oxygens (including phenoxy) is 3. The van der Waals surface area contributed by atoms with Gasteiger partial charge in [0.25, 0.3) is 0 Å². The molecule has 3 aromatic rings. The summed E-state index contributed by atoms with van der Waals surface area (Å²) < 4.78 is 53.9. The summed E-state index contributed by atoms with van der Waals surface area (Å²) >= 11 is 0. The van der Waals surface area contributed by atoms with E-state index in [1.807, 2.05) is 48.5 Å². The van der Waals surface area contributed by atoms with Crippen LogP contribution in [0.5, 0.6) is 11.8 Å². The highest BCUT2D eigenvalue weighted by Crippen LogP contribution is 2.20. The average Bonchev–Trinajstić information content (AvgIpc) is 2.98. The van der Waals surface area contributed by atoms with E-state index in [9.17, 15) is 18.0 Å². The van der Waals surface area contributed by atoms with Crippen molar-refractivity contribution >= 4 is 17.7 Å². The van der Waals surface area contributed by atoms with Gasteiger partial charge in [-0.3, -0.25) is 0 Å². The number of rotatable bonds is 2. The molecule has 0 saturated carbocycles. The molecule has 10 nitrogen and oxygen atoms in total. The number of carbonyl (C=O) groups is 1. The highest BCUT2D eigenvalue weighted by molar-refractivity contribution is 5.67. The minimum atomic E-state index is -4.53. The van der Waals surface area contributed by atoms with Crippen LogP contribution in [0.4, 0.5) is 23.9 Å². The van der Waals surface area contributed by atoms with Crippen LogP contribution in [0.25, 0.3) is 5.70 Å². The van der Waals surface area contributed by atoms with E-state index in [2.05, 4.69) is 32.2 Å². The van der Waals surface area contributed by atoms with Crippen LogP contribution in [0, 0.1) is 0 Å². The Kier molecular flexibility index (Phi) is 10.4. The molecule has 0 atom stereocenters. The van der Waals surface area contributed by atoms with E-state index < -0.39 is 18.8 Å². The van der Waals surface area contributed by atoms with Crippen LogP contribution in [0.2, 0.25) is 0 Å². The van der Waals surface area contributed by atoms with Crippen molar-refractivity contribution in [2.45, 2.75) is 32.0 Å². The number of hydrogen-bond acceptors (Lipinski definition) is 9. The summed E-state index contributed by atoms with van der Waals surface area (Å²) in [5.41, 5.74) is 3.30. The molecule has 1 amide bonds. The first-order chi connectivity index (χ1) is 20.2. The summed E-state index contributed by atoms with van der Waals surface area (Å²) in [7, 11) is 1.37. The second-order valence-corrected chi connectivity index (χ2v) is 9.55. The molecule has 13 heteroatoms. The number of carbonyl (C=O) groups excluding carboxylic acids is 1. The van der Waals surface area contributed by atoms with Crippen LogP contribution in [-0.4, -0.2) is 72.1 Å². The summed E-state index contributed by atoms with van der Waals surface area (Å²) in [4.78, 5) is 26.4. The van der Waals surface area contributed by atoms with Crippen LogP contribution in [0.3, 0.4) is 0 Å². The summed E-state index contributed by atoms with van der Waals surface area (Å²) in [6.45, 7) is 4.89. The van der Waals surface area contributed by atoms with Crippen LogP contribution in [-0.2, 0) is 17.7 Å². The van der Waals surface area contributed by atoms with Gasteiger partial charge in [0, 0.05) is 38.3 Å². The average molecular weight is 587 g/mol. The summed E-state index contributed by atoms with van der Waals surface area (Å²) in [6.07, 6.45) is -3.37. The number of halogens is 3. The van der Waals surface area contributed by atoms with Crippen LogP contribution in [0.1, 0.15) is 35.4 Å². The monoisotopic (exact) mass is 586 g/mol. The van der Waals surface area contributed by atoms with Gasteiger partial charge in [-0.15, -0.1) is 0 Å². The number of alkyl halides is 3. The summed E-state index contributed by atoms with van der Waals surface area (Å²) in [5, 5.41) is 6.31. The van der Waals surface area contributed by atoms with Gasteiger partial charge in [0.2, 0.25) is 5.95 Å². The number of nitrogens with one attached hydrogen (secondary N) is 2. The van der Waals surface area contributed by atoms with Crippen molar-refractivity contribution in [2.75, 3.05) is 45.3 Å². The van der Waals surface area contributed by atoms with E-state index in [4.69, 9.17) is 14.2 Å². The number of amides is 1. The molecule has 4 aliphatic heterocycles. The lowest BCUT2D eigenvalue weighted by atomic mass is 10.1. The molecule has 7 rings (SSSR count). The van der Waals surface area contributed by atoms with Gasteiger partial charge in [0.15, 0.2) is 6.61 Å². The maximum absolute atomic E-state index is 12.8. The highest BCUT2D eigenvalue weighted by atomic mass is 19.4. The van der Waals surface area contributed by atoms with Crippen molar-refractivity contribution in [3.8, 4) is 11.8 Å². The maximum atomic E-state index is 12.8. The molecule has 2 aromatic carbocycles. The Labute approximate surface area is 241 Å². The normalized spacial score (nSPS) is 15.1. The standard InChI is InChI=1S/C29H33F3N6O4/c1-20-23-9-5-21(6-10-23)17-25-35-26(37-27(36-25)42-19-29(30,31)32)34-18-22-7-11-24(12-8-22)41-16-4-15-38(28(39)40-2)14-3-13-33-20/h5-12,33H,1,3-4,13-19H2,2H3,(H,34,35,36,37). The van der Waals surface area contributed by atoms with Gasteiger partial charge in [0.05, 0.1) is 13.7 Å². The molecule has 1 aromatic heterocycles. The van der Waals surface area contributed by atoms with E-state index in [0.29, 0.717) is 57.1 Å². The molecule has 0 unspecified atom stereocenters.